The lowest BCUT2D eigenvalue weighted by molar-refractivity contribution is 0.100. The van der Waals surface area contributed by atoms with Crippen LogP contribution in [-0.4, -0.2) is 11.9 Å². The van der Waals surface area contributed by atoms with Gasteiger partial charge in [0.1, 0.15) is 0 Å². The van der Waals surface area contributed by atoms with Crippen molar-refractivity contribution in [1.82, 2.24) is 0 Å². The van der Waals surface area contributed by atoms with E-state index in [1.54, 1.807) is 11.3 Å². The molecule has 0 aliphatic carbocycles. The number of benzene rings is 1. The Labute approximate surface area is 109 Å². The molecule has 2 aromatic rings. The molecule has 0 aliphatic heterocycles. The summed E-state index contributed by atoms with van der Waals surface area (Å²) in [4.78, 5) is 15.6. The van der Waals surface area contributed by atoms with Crippen LogP contribution in [0.25, 0.3) is 10.1 Å². The molecule has 0 aliphatic rings. The number of hydrogen-bond donors (Lipinski definition) is 2. The molecule has 4 nitrogen and oxygen atoms in total. The van der Waals surface area contributed by atoms with Crippen molar-refractivity contribution in [3.8, 4) is 0 Å². The molecule has 0 atom stereocenters. The van der Waals surface area contributed by atoms with E-state index in [2.05, 4.69) is 23.4 Å². The minimum atomic E-state index is -0.375. The topological polar surface area (TPSA) is 81.5 Å². The van der Waals surface area contributed by atoms with Gasteiger partial charge in [0.15, 0.2) is 5.96 Å². The quantitative estimate of drug-likeness (QED) is 0.642. The Morgan fingerprint density at radius 2 is 2.11 bits per heavy atom. The number of aryl methyl sites for hydroxylation is 2. The summed E-state index contributed by atoms with van der Waals surface area (Å²) in [6.07, 6.45) is 0.770. The van der Waals surface area contributed by atoms with Gasteiger partial charge < -0.3 is 11.5 Å². The van der Waals surface area contributed by atoms with Crippen molar-refractivity contribution in [2.45, 2.75) is 20.3 Å². The normalized spacial score (nSPS) is 10.6. The van der Waals surface area contributed by atoms with E-state index in [0.717, 1.165) is 16.7 Å². The maximum atomic E-state index is 11.9. The van der Waals surface area contributed by atoms with Gasteiger partial charge in [-0.1, -0.05) is 6.92 Å². The molecule has 1 amide bonds. The second-order valence-electron chi connectivity index (χ2n) is 4.12. The third-order valence-electron chi connectivity index (χ3n) is 2.83. The number of thiophene rings is 1. The lowest BCUT2D eigenvalue weighted by atomic mass is 10.0. The number of rotatable bonds is 2. The maximum Gasteiger partial charge on any atom is 0.280 e. The molecule has 2 rings (SSSR count). The van der Waals surface area contributed by atoms with E-state index in [9.17, 15) is 4.79 Å². The molecule has 0 saturated heterocycles. The minimum absolute atomic E-state index is 0.204. The van der Waals surface area contributed by atoms with Crippen LogP contribution in [0, 0.1) is 6.92 Å². The monoisotopic (exact) mass is 261 g/mol. The van der Waals surface area contributed by atoms with Gasteiger partial charge in [0.2, 0.25) is 0 Å². The second kappa shape index (κ2) is 4.78. The number of nitrogens with zero attached hydrogens (tertiary/aromatic N) is 1. The molecule has 1 aromatic carbocycles. The molecule has 0 unspecified atom stereocenters. The van der Waals surface area contributed by atoms with Crippen LogP contribution in [0.3, 0.4) is 0 Å². The van der Waals surface area contributed by atoms with Crippen molar-refractivity contribution in [3.05, 3.63) is 34.2 Å². The van der Waals surface area contributed by atoms with Crippen LogP contribution < -0.4 is 11.5 Å². The van der Waals surface area contributed by atoms with Crippen molar-refractivity contribution < 1.29 is 4.79 Å². The van der Waals surface area contributed by atoms with Gasteiger partial charge in [-0.2, -0.15) is 4.99 Å². The highest BCUT2D eigenvalue weighted by Crippen LogP contribution is 2.29. The molecular weight excluding hydrogens is 246 g/mol. The molecule has 1 aromatic heterocycles. The van der Waals surface area contributed by atoms with Crippen LogP contribution in [0.1, 0.15) is 28.4 Å². The van der Waals surface area contributed by atoms with Gasteiger partial charge in [-0.25, -0.2) is 0 Å². The third-order valence-corrected chi connectivity index (χ3v) is 3.90. The van der Waals surface area contributed by atoms with E-state index in [1.165, 1.54) is 10.9 Å². The van der Waals surface area contributed by atoms with Gasteiger partial charge in [-0.05, 0) is 47.4 Å². The van der Waals surface area contributed by atoms with Crippen LogP contribution in [0.5, 0.6) is 0 Å². The largest absolute Gasteiger partial charge is 0.370 e. The predicted octanol–water partition coefficient (Wildman–Crippen LogP) is 2.19. The average molecular weight is 261 g/mol. The first-order chi connectivity index (χ1) is 8.52. The Kier molecular flexibility index (Phi) is 3.34. The van der Waals surface area contributed by atoms with Crippen LogP contribution >= 0.6 is 11.3 Å². The summed E-state index contributed by atoms with van der Waals surface area (Å²) in [5, 5.41) is 3.27. The fraction of sp³-hybridized carbons (Fsp3) is 0.231. The Bertz CT molecular complexity index is 639. The Hall–Kier alpha value is -1.88. The van der Waals surface area contributed by atoms with Gasteiger partial charge in [-0.15, -0.1) is 11.3 Å². The summed E-state index contributed by atoms with van der Waals surface area (Å²) >= 11 is 1.62. The molecule has 5 heteroatoms. The molecule has 0 bridgehead atoms. The number of carbonyl (C=O) groups excluding carboxylic acids is 1. The zero-order chi connectivity index (χ0) is 13.3. The summed E-state index contributed by atoms with van der Waals surface area (Å²) < 4.78 is 1.08. The Morgan fingerprint density at radius 3 is 2.72 bits per heavy atom. The molecule has 0 fully saturated rings. The summed E-state index contributed by atoms with van der Waals surface area (Å²) in [6.45, 7) is 4.07. The van der Waals surface area contributed by atoms with Crippen LogP contribution in [0.2, 0.25) is 0 Å². The molecule has 0 saturated carbocycles. The first-order valence-electron chi connectivity index (χ1n) is 5.67. The summed E-state index contributed by atoms with van der Waals surface area (Å²) in [5.41, 5.74) is 13.3. The zero-order valence-electron chi connectivity index (χ0n) is 10.4. The highest BCUT2D eigenvalue weighted by molar-refractivity contribution is 7.17. The van der Waals surface area contributed by atoms with Gasteiger partial charge in [-0.3, -0.25) is 4.79 Å². The standard InChI is InChI=1S/C13H15N3OS/c1-3-8-4-9-7(2)6-18-11(9)5-10(8)12(17)16-13(14)15/h4-6H,3H2,1-2H3,(H4,14,15,16,17). The Morgan fingerprint density at radius 1 is 1.39 bits per heavy atom. The van der Waals surface area contributed by atoms with Crippen molar-refractivity contribution >= 4 is 33.3 Å². The van der Waals surface area contributed by atoms with Crippen molar-refractivity contribution in [2.24, 2.45) is 16.5 Å². The number of hydrogen-bond acceptors (Lipinski definition) is 2. The van der Waals surface area contributed by atoms with Gasteiger partial charge >= 0.3 is 0 Å². The molecule has 0 radical (unpaired) electrons. The summed E-state index contributed by atoms with van der Waals surface area (Å²) in [7, 11) is 0. The lowest BCUT2D eigenvalue weighted by Gasteiger charge is -2.05. The number of nitrogens with two attached hydrogens (primary N) is 2. The highest BCUT2D eigenvalue weighted by Gasteiger charge is 2.13. The predicted molar refractivity (Wildman–Crippen MR) is 76.1 cm³/mol. The smallest absolute Gasteiger partial charge is 0.280 e. The minimum Gasteiger partial charge on any atom is -0.370 e. The van der Waals surface area contributed by atoms with Gasteiger partial charge in [0, 0.05) is 10.3 Å². The van der Waals surface area contributed by atoms with Crippen LogP contribution in [0.15, 0.2) is 22.5 Å². The second-order valence-corrected chi connectivity index (χ2v) is 5.03. The number of carbonyl (C=O) groups is 1. The molecule has 94 valence electrons. The van der Waals surface area contributed by atoms with E-state index < -0.39 is 0 Å². The van der Waals surface area contributed by atoms with E-state index in [1.807, 2.05) is 13.0 Å². The SMILES string of the molecule is CCc1cc2c(C)csc2cc1C(=O)N=C(N)N. The number of fused-ring (bicyclic) bond motifs is 1. The van der Waals surface area contributed by atoms with E-state index in [4.69, 9.17) is 11.5 Å². The number of guanidine groups is 1. The van der Waals surface area contributed by atoms with Gasteiger partial charge in [0.25, 0.3) is 5.91 Å². The van der Waals surface area contributed by atoms with Crippen LogP contribution in [-0.2, 0) is 6.42 Å². The maximum absolute atomic E-state index is 11.9. The van der Waals surface area contributed by atoms with E-state index in [-0.39, 0.29) is 11.9 Å². The molecule has 1 heterocycles. The fourth-order valence-corrected chi connectivity index (χ4v) is 2.88. The van der Waals surface area contributed by atoms with Crippen molar-refractivity contribution in [1.29, 1.82) is 0 Å². The number of aliphatic imine (C=N–C) groups is 1. The lowest BCUT2D eigenvalue weighted by Crippen LogP contribution is -2.24. The van der Waals surface area contributed by atoms with E-state index in [0.29, 0.717) is 5.56 Å². The summed E-state index contributed by atoms with van der Waals surface area (Å²) in [6, 6.07) is 3.93. The van der Waals surface area contributed by atoms with Crippen molar-refractivity contribution in [3.63, 3.8) is 0 Å². The fourth-order valence-electron chi connectivity index (χ4n) is 1.91. The Balaban J connectivity index is 2.62. The highest BCUT2D eigenvalue weighted by atomic mass is 32.1. The van der Waals surface area contributed by atoms with E-state index >= 15 is 0 Å². The molecular formula is C13H15N3OS. The average Bonchev–Trinajstić information content (AvgIpc) is 2.68. The zero-order valence-corrected chi connectivity index (χ0v) is 11.2. The van der Waals surface area contributed by atoms with Crippen molar-refractivity contribution in [2.75, 3.05) is 0 Å². The molecule has 18 heavy (non-hydrogen) atoms. The molecule has 0 spiro atoms. The summed E-state index contributed by atoms with van der Waals surface area (Å²) in [5.74, 6) is -0.579. The first kappa shape index (κ1) is 12.6. The molecule has 4 N–H and O–H groups in total. The van der Waals surface area contributed by atoms with Gasteiger partial charge in [0.05, 0.1) is 0 Å². The first-order valence-corrected chi connectivity index (χ1v) is 6.55. The number of amides is 1. The third kappa shape index (κ3) is 2.22. The van der Waals surface area contributed by atoms with Crippen LogP contribution in [0.4, 0.5) is 0 Å².